The molecule has 34 heavy (non-hydrogen) atoms. The summed E-state index contributed by atoms with van der Waals surface area (Å²) in [5.74, 6) is -3.03. The molecular weight excluding hydrogens is 491 g/mol. The molecule has 0 saturated carbocycles. The Labute approximate surface area is 194 Å². The molecule has 0 N–H and O–H groups in total. The van der Waals surface area contributed by atoms with E-state index in [1.807, 2.05) is 0 Å². The number of alkyl halides is 3. The van der Waals surface area contributed by atoms with Crippen LogP contribution in [-0.2, 0) is 30.0 Å². The van der Waals surface area contributed by atoms with E-state index in [0.29, 0.717) is 6.07 Å². The first-order valence-electron chi connectivity index (χ1n) is 9.08. The molecule has 2 aromatic rings. The van der Waals surface area contributed by atoms with E-state index in [4.69, 9.17) is 21.1 Å². The molecule has 0 aliphatic rings. The van der Waals surface area contributed by atoms with Crippen LogP contribution in [0.2, 0.25) is 5.02 Å². The molecule has 0 heterocycles. The normalized spacial score (nSPS) is 11.0. The van der Waals surface area contributed by atoms with Crippen LogP contribution in [0.4, 0.5) is 18.9 Å². The number of Topliss-reactive ketones (excluding diaryl/α,β-unsaturated/α-hetero) is 1. The first-order valence-corrected chi connectivity index (χ1v) is 9.46. The lowest BCUT2D eigenvalue weighted by Crippen LogP contribution is -2.21. The smallest absolute Gasteiger partial charge is 0.416 e. The van der Waals surface area contributed by atoms with Crippen LogP contribution in [0.15, 0.2) is 36.4 Å². The fourth-order valence-corrected chi connectivity index (χ4v) is 2.61. The van der Waals surface area contributed by atoms with Gasteiger partial charge in [0.05, 0.1) is 22.6 Å². The van der Waals surface area contributed by atoms with E-state index < -0.39 is 65.5 Å². The standard InChI is InChI=1S/C20H15ClF3NO9/c1-31-18(27)10-33-19(28)9-32-8-16(26)13-7-12(3-4-15(13)25(29)30)34-17-5-2-11(6-14(17)21)20(22,23)24/h2-7H,8-10H2,1H3. The fourth-order valence-electron chi connectivity index (χ4n) is 2.39. The highest BCUT2D eigenvalue weighted by molar-refractivity contribution is 6.32. The van der Waals surface area contributed by atoms with Gasteiger partial charge in [-0.2, -0.15) is 13.2 Å². The molecule has 2 aromatic carbocycles. The summed E-state index contributed by atoms with van der Waals surface area (Å²) in [7, 11) is 1.08. The van der Waals surface area contributed by atoms with Gasteiger partial charge in [0.1, 0.15) is 30.3 Å². The average molecular weight is 506 g/mol. The zero-order valence-corrected chi connectivity index (χ0v) is 18.0. The van der Waals surface area contributed by atoms with Gasteiger partial charge in [0.15, 0.2) is 12.4 Å². The number of benzene rings is 2. The van der Waals surface area contributed by atoms with Crippen LogP contribution in [0.3, 0.4) is 0 Å². The third-order valence-electron chi connectivity index (χ3n) is 3.98. The van der Waals surface area contributed by atoms with Gasteiger partial charge in [0.2, 0.25) is 0 Å². The topological polar surface area (TPSA) is 131 Å². The quantitative estimate of drug-likeness (QED) is 0.203. The highest BCUT2D eigenvalue weighted by Gasteiger charge is 2.31. The van der Waals surface area contributed by atoms with Gasteiger partial charge in [-0.1, -0.05) is 11.6 Å². The summed E-state index contributed by atoms with van der Waals surface area (Å²) in [5.41, 5.74) is -2.06. The molecule has 0 aliphatic carbocycles. The number of hydrogen-bond acceptors (Lipinski definition) is 9. The predicted molar refractivity (Wildman–Crippen MR) is 108 cm³/mol. The van der Waals surface area contributed by atoms with Crippen molar-refractivity contribution < 1.29 is 51.4 Å². The third-order valence-corrected chi connectivity index (χ3v) is 4.28. The molecule has 0 saturated heterocycles. The van der Waals surface area contributed by atoms with Gasteiger partial charge in [0.25, 0.3) is 5.69 Å². The van der Waals surface area contributed by atoms with Crippen molar-refractivity contribution in [2.24, 2.45) is 0 Å². The Hall–Kier alpha value is -3.71. The molecule has 0 radical (unpaired) electrons. The second-order valence-corrected chi connectivity index (χ2v) is 6.74. The molecule has 0 bridgehead atoms. The molecule has 2 rings (SSSR count). The number of rotatable bonds is 10. The number of carbonyl (C=O) groups is 3. The Morgan fingerprint density at radius 1 is 1.03 bits per heavy atom. The number of carbonyl (C=O) groups excluding carboxylic acids is 3. The summed E-state index contributed by atoms with van der Waals surface area (Å²) < 4.78 is 57.3. The number of nitro benzene ring substituents is 1. The lowest BCUT2D eigenvalue weighted by molar-refractivity contribution is -0.385. The van der Waals surface area contributed by atoms with Crippen molar-refractivity contribution in [2.75, 3.05) is 26.9 Å². The van der Waals surface area contributed by atoms with E-state index in [-0.39, 0.29) is 16.5 Å². The number of halogens is 4. The van der Waals surface area contributed by atoms with Gasteiger partial charge in [-0.05, 0) is 30.3 Å². The number of esters is 2. The number of ketones is 1. The second-order valence-electron chi connectivity index (χ2n) is 6.33. The highest BCUT2D eigenvalue weighted by atomic mass is 35.5. The van der Waals surface area contributed by atoms with E-state index in [1.54, 1.807) is 0 Å². The summed E-state index contributed by atoms with van der Waals surface area (Å²) in [6.07, 6.45) is -4.62. The Bertz CT molecular complexity index is 1110. The summed E-state index contributed by atoms with van der Waals surface area (Å²) in [6, 6.07) is 5.37. The number of ether oxygens (including phenoxy) is 4. The van der Waals surface area contributed by atoms with Crippen LogP contribution in [0.25, 0.3) is 0 Å². The first kappa shape index (κ1) is 26.5. The van der Waals surface area contributed by atoms with Crippen molar-refractivity contribution in [1.29, 1.82) is 0 Å². The number of nitrogens with zero attached hydrogens (tertiary/aromatic N) is 1. The number of methoxy groups -OCH3 is 1. The second kappa shape index (κ2) is 11.4. The molecular formula is C20H15ClF3NO9. The maximum atomic E-state index is 12.8. The van der Waals surface area contributed by atoms with Crippen LogP contribution in [0, 0.1) is 10.1 Å². The minimum Gasteiger partial charge on any atom is -0.466 e. The van der Waals surface area contributed by atoms with Crippen LogP contribution < -0.4 is 4.74 Å². The lowest BCUT2D eigenvalue weighted by atomic mass is 10.1. The van der Waals surface area contributed by atoms with E-state index >= 15 is 0 Å². The molecule has 14 heteroatoms. The van der Waals surface area contributed by atoms with Gasteiger partial charge >= 0.3 is 18.1 Å². The van der Waals surface area contributed by atoms with E-state index in [9.17, 15) is 37.7 Å². The molecule has 10 nitrogen and oxygen atoms in total. The van der Waals surface area contributed by atoms with Crippen molar-refractivity contribution in [1.82, 2.24) is 0 Å². The van der Waals surface area contributed by atoms with Crippen LogP contribution >= 0.6 is 11.6 Å². The van der Waals surface area contributed by atoms with Crippen molar-refractivity contribution in [2.45, 2.75) is 6.18 Å². The molecule has 0 unspecified atom stereocenters. The maximum absolute atomic E-state index is 12.8. The monoisotopic (exact) mass is 505 g/mol. The van der Waals surface area contributed by atoms with Crippen molar-refractivity contribution in [3.8, 4) is 11.5 Å². The van der Waals surface area contributed by atoms with Gasteiger partial charge in [0, 0.05) is 6.07 Å². The van der Waals surface area contributed by atoms with Crippen LogP contribution in [-0.4, -0.2) is 49.6 Å². The average Bonchev–Trinajstić information content (AvgIpc) is 2.77. The Kier molecular flexibility index (Phi) is 8.92. The number of hydrogen-bond donors (Lipinski definition) is 0. The van der Waals surface area contributed by atoms with E-state index in [2.05, 4.69) is 9.47 Å². The SMILES string of the molecule is COC(=O)COC(=O)COCC(=O)c1cc(Oc2ccc(C(F)(F)F)cc2Cl)ccc1[N+](=O)[O-]. The first-order chi connectivity index (χ1) is 15.9. The highest BCUT2D eigenvalue weighted by Crippen LogP contribution is 2.37. The fraction of sp³-hybridized carbons (Fsp3) is 0.250. The predicted octanol–water partition coefficient (Wildman–Crippen LogP) is 3.97. The minimum atomic E-state index is -4.62. The van der Waals surface area contributed by atoms with Gasteiger partial charge in [-0.3, -0.25) is 14.9 Å². The Morgan fingerprint density at radius 2 is 1.74 bits per heavy atom. The molecule has 0 fully saturated rings. The number of nitro groups is 1. The molecule has 0 spiro atoms. The molecule has 0 aliphatic heterocycles. The zero-order chi connectivity index (χ0) is 25.5. The summed E-state index contributed by atoms with van der Waals surface area (Å²) in [5, 5.41) is 10.9. The van der Waals surface area contributed by atoms with Crippen molar-refractivity contribution in [3.05, 3.63) is 62.7 Å². The molecule has 0 amide bonds. The lowest BCUT2D eigenvalue weighted by Gasteiger charge is -2.12. The third kappa shape index (κ3) is 7.42. The van der Waals surface area contributed by atoms with Gasteiger partial charge in [-0.25, -0.2) is 9.59 Å². The van der Waals surface area contributed by atoms with Crippen molar-refractivity contribution >= 4 is 35.0 Å². The summed E-state index contributed by atoms with van der Waals surface area (Å²) >= 11 is 5.83. The zero-order valence-electron chi connectivity index (χ0n) is 17.2. The summed E-state index contributed by atoms with van der Waals surface area (Å²) in [6.45, 7) is -2.16. The molecule has 182 valence electrons. The summed E-state index contributed by atoms with van der Waals surface area (Å²) in [4.78, 5) is 45.2. The van der Waals surface area contributed by atoms with Crippen LogP contribution in [0.5, 0.6) is 11.5 Å². The minimum absolute atomic E-state index is 0.131. The maximum Gasteiger partial charge on any atom is 0.416 e. The van der Waals surface area contributed by atoms with Gasteiger partial charge < -0.3 is 18.9 Å². The molecule has 0 aromatic heterocycles. The largest absolute Gasteiger partial charge is 0.466 e. The molecule has 0 atom stereocenters. The van der Waals surface area contributed by atoms with E-state index in [0.717, 1.165) is 37.4 Å². The van der Waals surface area contributed by atoms with Gasteiger partial charge in [-0.15, -0.1) is 0 Å². The Morgan fingerprint density at radius 3 is 2.32 bits per heavy atom. The van der Waals surface area contributed by atoms with Crippen molar-refractivity contribution in [3.63, 3.8) is 0 Å². The van der Waals surface area contributed by atoms with E-state index in [1.165, 1.54) is 0 Å². The Balaban J connectivity index is 2.12. The van der Waals surface area contributed by atoms with Crippen LogP contribution in [0.1, 0.15) is 15.9 Å².